The smallest absolute Gasteiger partial charge is 0.106 e. The van der Waals surface area contributed by atoms with E-state index in [-0.39, 0.29) is 6.04 Å². The largest absolute Gasteiger partial charge is 0.466 e. The highest BCUT2D eigenvalue weighted by Gasteiger charge is 2.20. The predicted octanol–water partition coefficient (Wildman–Crippen LogP) is 4.71. The van der Waals surface area contributed by atoms with Crippen LogP contribution in [-0.4, -0.2) is 12.8 Å². The summed E-state index contributed by atoms with van der Waals surface area (Å²) in [6.45, 7) is 7.24. The molecule has 108 valence electrons. The van der Waals surface area contributed by atoms with Gasteiger partial charge in [-0.15, -0.1) is 11.8 Å². The lowest BCUT2D eigenvalue weighted by Crippen LogP contribution is -2.24. The molecule has 0 saturated heterocycles. The van der Waals surface area contributed by atoms with Gasteiger partial charge in [-0.05, 0) is 50.8 Å². The monoisotopic (exact) mass is 289 g/mol. The molecule has 0 bridgehead atoms. The Morgan fingerprint density at radius 3 is 2.55 bits per heavy atom. The van der Waals surface area contributed by atoms with E-state index in [1.807, 2.05) is 13.8 Å². The van der Waals surface area contributed by atoms with Crippen molar-refractivity contribution in [3.8, 4) is 0 Å². The minimum absolute atomic E-state index is 0.205. The second kappa shape index (κ2) is 7.00. The van der Waals surface area contributed by atoms with Crippen LogP contribution in [0.25, 0.3) is 0 Å². The molecular formula is C17H23NOS. The average molecular weight is 289 g/mol. The van der Waals surface area contributed by atoms with E-state index in [1.54, 1.807) is 11.8 Å². The van der Waals surface area contributed by atoms with Crippen LogP contribution in [0, 0.1) is 13.8 Å². The Labute approximate surface area is 126 Å². The van der Waals surface area contributed by atoms with Gasteiger partial charge < -0.3 is 9.73 Å². The van der Waals surface area contributed by atoms with Crippen LogP contribution < -0.4 is 5.32 Å². The third-order valence-corrected chi connectivity index (χ3v) is 4.25. The molecule has 1 N–H and O–H groups in total. The number of hydrogen-bond donors (Lipinski definition) is 1. The van der Waals surface area contributed by atoms with Gasteiger partial charge in [-0.3, -0.25) is 0 Å². The lowest BCUT2D eigenvalue weighted by Gasteiger charge is -2.21. The van der Waals surface area contributed by atoms with Crippen molar-refractivity contribution < 1.29 is 4.42 Å². The van der Waals surface area contributed by atoms with Gasteiger partial charge in [0, 0.05) is 10.5 Å². The Kier molecular flexibility index (Phi) is 5.32. The molecule has 1 aromatic carbocycles. The maximum absolute atomic E-state index is 5.72. The van der Waals surface area contributed by atoms with Crippen LogP contribution in [0.2, 0.25) is 0 Å². The molecule has 0 amide bonds. The Morgan fingerprint density at radius 2 is 1.95 bits per heavy atom. The summed E-state index contributed by atoms with van der Waals surface area (Å²) >= 11 is 1.79. The highest BCUT2D eigenvalue weighted by atomic mass is 32.2. The van der Waals surface area contributed by atoms with Crippen molar-refractivity contribution >= 4 is 11.8 Å². The molecule has 0 aliphatic carbocycles. The van der Waals surface area contributed by atoms with E-state index in [0.717, 1.165) is 24.5 Å². The number of nitrogens with one attached hydrogen (secondary N) is 1. The third kappa shape index (κ3) is 3.28. The zero-order valence-electron chi connectivity index (χ0n) is 12.7. The third-order valence-electron chi connectivity index (χ3n) is 3.44. The highest BCUT2D eigenvalue weighted by Crippen LogP contribution is 2.32. The van der Waals surface area contributed by atoms with Crippen LogP contribution in [0.4, 0.5) is 0 Å². The first-order valence-electron chi connectivity index (χ1n) is 7.10. The first-order valence-corrected chi connectivity index (χ1v) is 8.33. The molecule has 1 unspecified atom stereocenters. The average Bonchev–Trinajstić information content (AvgIpc) is 2.79. The first kappa shape index (κ1) is 15.2. The Morgan fingerprint density at radius 1 is 1.20 bits per heavy atom. The number of aryl methyl sites for hydroxylation is 2. The predicted molar refractivity (Wildman–Crippen MR) is 86.5 cm³/mol. The van der Waals surface area contributed by atoms with E-state index >= 15 is 0 Å². The second-order valence-electron chi connectivity index (χ2n) is 5.00. The molecule has 0 fully saturated rings. The molecule has 0 radical (unpaired) electrons. The summed E-state index contributed by atoms with van der Waals surface area (Å²) in [5.41, 5.74) is 2.58. The lowest BCUT2D eigenvalue weighted by molar-refractivity contribution is 0.493. The van der Waals surface area contributed by atoms with Crippen LogP contribution >= 0.6 is 11.8 Å². The summed E-state index contributed by atoms with van der Waals surface area (Å²) < 4.78 is 5.72. The van der Waals surface area contributed by atoms with E-state index < -0.39 is 0 Å². The van der Waals surface area contributed by atoms with Crippen molar-refractivity contribution in [1.82, 2.24) is 5.32 Å². The summed E-state index contributed by atoms with van der Waals surface area (Å²) in [6.07, 6.45) is 3.25. The van der Waals surface area contributed by atoms with Gasteiger partial charge in [0.2, 0.25) is 0 Å². The van der Waals surface area contributed by atoms with Crippen LogP contribution in [0.1, 0.15) is 42.0 Å². The van der Waals surface area contributed by atoms with Crippen molar-refractivity contribution in [2.24, 2.45) is 0 Å². The van der Waals surface area contributed by atoms with Crippen molar-refractivity contribution in [2.45, 2.75) is 38.1 Å². The SMILES string of the molecule is CCCNC(c1ccccc1SC)c1cc(C)oc1C. The molecule has 0 spiro atoms. The maximum Gasteiger partial charge on any atom is 0.106 e. The van der Waals surface area contributed by atoms with Gasteiger partial charge in [-0.2, -0.15) is 0 Å². The lowest BCUT2D eigenvalue weighted by atomic mass is 9.98. The number of hydrogen-bond acceptors (Lipinski definition) is 3. The first-order chi connectivity index (χ1) is 9.67. The Bertz CT molecular complexity index is 562. The van der Waals surface area contributed by atoms with Crippen molar-refractivity contribution in [2.75, 3.05) is 12.8 Å². The fraction of sp³-hybridized carbons (Fsp3) is 0.412. The van der Waals surface area contributed by atoms with Gasteiger partial charge in [0.1, 0.15) is 11.5 Å². The summed E-state index contributed by atoms with van der Waals surface area (Å²) in [5, 5.41) is 3.66. The van der Waals surface area contributed by atoms with Gasteiger partial charge in [0.05, 0.1) is 6.04 Å². The standard InChI is InChI=1S/C17H23NOS/c1-5-10-18-17(15-11-12(2)19-13(15)3)14-8-6-7-9-16(14)20-4/h6-9,11,17-18H,5,10H2,1-4H3. The summed E-state index contributed by atoms with van der Waals surface area (Å²) in [5.74, 6) is 1.98. The molecular weight excluding hydrogens is 266 g/mol. The molecule has 2 rings (SSSR count). The molecule has 2 aromatic rings. The quantitative estimate of drug-likeness (QED) is 0.780. The molecule has 3 heteroatoms. The summed E-state index contributed by atoms with van der Waals surface area (Å²) in [4.78, 5) is 1.32. The maximum atomic E-state index is 5.72. The molecule has 1 heterocycles. The highest BCUT2D eigenvalue weighted by molar-refractivity contribution is 7.98. The van der Waals surface area contributed by atoms with Gasteiger partial charge in [0.25, 0.3) is 0 Å². The van der Waals surface area contributed by atoms with Crippen molar-refractivity contribution in [3.63, 3.8) is 0 Å². The van der Waals surface area contributed by atoms with E-state index in [0.29, 0.717) is 0 Å². The fourth-order valence-electron chi connectivity index (χ4n) is 2.52. The molecule has 1 aromatic heterocycles. The molecule has 0 aliphatic heterocycles. The van der Waals surface area contributed by atoms with Gasteiger partial charge in [-0.25, -0.2) is 0 Å². The van der Waals surface area contributed by atoms with Gasteiger partial charge >= 0.3 is 0 Å². The summed E-state index contributed by atoms with van der Waals surface area (Å²) in [6, 6.07) is 11.0. The van der Waals surface area contributed by atoms with Gasteiger partial charge in [-0.1, -0.05) is 25.1 Å². The fourth-order valence-corrected chi connectivity index (χ4v) is 3.15. The van der Waals surface area contributed by atoms with E-state index in [2.05, 4.69) is 48.8 Å². The van der Waals surface area contributed by atoms with Crippen LogP contribution in [-0.2, 0) is 0 Å². The minimum atomic E-state index is 0.205. The molecule has 2 nitrogen and oxygen atoms in total. The molecule has 0 saturated carbocycles. The number of thioether (sulfide) groups is 1. The molecule has 0 aliphatic rings. The Hall–Kier alpha value is -1.19. The Balaban J connectivity index is 2.44. The minimum Gasteiger partial charge on any atom is -0.466 e. The second-order valence-corrected chi connectivity index (χ2v) is 5.85. The van der Waals surface area contributed by atoms with Gasteiger partial charge in [0.15, 0.2) is 0 Å². The van der Waals surface area contributed by atoms with Crippen molar-refractivity contribution in [3.05, 3.63) is 53.0 Å². The van der Waals surface area contributed by atoms with E-state index in [4.69, 9.17) is 4.42 Å². The zero-order valence-corrected chi connectivity index (χ0v) is 13.5. The summed E-state index contributed by atoms with van der Waals surface area (Å²) in [7, 11) is 0. The van der Waals surface area contributed by atoms with E-state index in [1.165, 1.54) is 16.0 Å². The molecule has 20 heavy (non-hydrogen) atoms. The van der Waals surface area contributed by atoms with Crippen molar-refractivity contribution in [1.29, 1.82) is 0 Å². The molecule has 1 atom stereocenters. The number of furan rings is 1. The van der Waals surface area contributed by atoms with Crippen LogP contribution in [0.5, 0.6) is 0 Å². The topological polar surface area (TPSA) is 25.2 Å². The number of benzene rings is 1. The van der Waals surface area contributed by atoms with E-state index in [9.17, 15) is 0 Å². The zero-order chi connectivity index (χ0) is 14.5. The van der Waals surface area contributed by atoms with Crippen LogP contribution in [0.3, 0.4) is 0 Å². The normalized spacial score (nSPS) is 12.6. The van der Waals surface area contributed by atoms with Crippen LogP contribution in [0.15, 0.2) is 39.6 Å². The number of rotatable bonds is 6.